The van der Waals surface area contributed by atoms with Crippen molar-refractivity contribution >= 4 is 17.7 Å². The van der Waals surface area contributed by atoms with Gasteiger partial charge in [-0.05, 0) is 5.92 Å². The molecule has 72 valence electrons. The molecule has 5 heteroatoms. The molecule has 0 aliphatic heterocycles. The highest BCUT2D eigenvalue weighted by Crippen LogP contribution is 2.17. The number of hydrogen-bond acceptors (Lipinski definition) is 3. The maximum absolute atomic E-state index is 10.3. The highest BCUT2D eigenvalue weighted by Gasteiger charge is 2.06. The van der Waals surface area contributed by atoms with Crippen LogP contribution in [0.5, 0.6) is 0 Å². The summed E-state index contributed by atoms with van der Waals surface area (Å²) in [6.07, 6.45) is 1.74. The Kier molecular flexibility index (Phi) is 3.36. The predicted molar refractivity (Wildman–Crippen MR) is 51.0 cm³/mol. The van der Waals surface area contributed by atoms with Gasteiger partial charge in [0.1, 0.15) is 0 Å². The largest absolute Gasteiger partial charge is 0.481 e. The second-order valence-electron chi connectivity index (χ2n) is 2.98. The molecule has 0 aromatic carbocycles. The van der Waals surface area contributed by atoms with Crippen LogP contribution in [0, 0.1) is 0 Å². The highest BCUT2D eigenvalue weighted by molar-refractivity contribution is 7.99. The van der Waals surface area contributed by atoms with Gasteiger partial charge in [-0.25, -0.2) is 4.98 Å². The molecule has 0 saturated carbocycles. The van der Waals surface area contributed by atoms with E-state index in [0.29, 0.717) is 11.1 Å². The summed E-state index contributed by atoms with van der Waals surface area (Å²) in [5.41, 5.74) is 1.04. The van der Waals surface area contributed by atoms with E-state index < -0.39 is 5.97 Å². The first-order valence-electron chi connectivity index (χ1n) is 3.99. The Labute approximate surface area is 80.8 Å². The molecule has 0 spiro atoms. The Hall–Kier alpha value is -0.970. The normalized spacial score (nSPS) is 10.7. The van der Waals surface area contributed by atoms with E-state index in [4.69, 9.17) is 5.11 Å². The van der Waals surface area contributed by atoms with Crippen molar-refractivity contribution in [2.45, 2.75) is 24.9 Å². The number of hydrogen-bond donors (Lipinski definition) is 2. The smallest absolute Gasteiger partial charge is 0.313 e. The summed E-state index contributed by atoms with van der Waals surface area (Å²) >= 11 is 1.20. The fourth-order valence-electron chi connectivity index (χ4n) is 0.813. The standard InChI is InChI=1S/C8H12N2O2S/c1-5(2)6-3-9-8(10-6)13-4-7(11)12/h3,5H,4H2,1-2H3,(H,9,10)(H,11,12). The number of aromatic amines is 1. The summed E-state index contributed by atoms with van der Waals surface area (Å²) in [6, 6.07) is 0. The average Bonchev–Trinajstić information content (AvgIpc) is 2.48. The van der Waals surface area contributed by atoms with Crippen LogP contribution in [0.25, 0.3) is 0 Å². The van der Waals surface area contributed by atoms with Crippen LogP contribution in [0.15, 0.2) is 11.4 Å². The van der Waals surface area contributed by atoms with Crippen LogP contribution in [-0.4, -0.2) is 26.8 Å². The third kappa shape index (κ3) is 3.10. The van der Waals surface area contributed by atoms with Gasteiger partial charge in [-0.15, -0.1) is 0 Å². The van der Waals surface area contributed by atoms with Crippen molar-refractivity contribution < 1.29 is 9.90 Å². The number of carboxylic acids is 1. The first kappa shape index (κ1) is 10.1. The van der Waals surface area contributed by atoms with Gasteiger partial charge in [-0.2, -0.15) is 0 Å². The van der Waals surface area contributed by atoms with Crippen LogP contribution in [0.1, 0.15) is 25.5 Å². The topological polar surface area (TPSA) is 66.0 Å². The summed E-state index contributed by atoms with van der Waals surface area (Å²) in [5.74, 6) is -0.385. The summed E-state index contributed by atoms with van der Waals surface area (Å²) in [7, 11) is 0. The van der Waals surface area contributed by atoms with Crippen molar-refractivity contribution in [3.8, 4) is 0 Å². The van der Waals surface area contributed by atoms with E-state index in [-0.39, 0.29) is 5.75 Å². The molecular formula is C8H12N2O2S. The molecule has 0 atom stereocenters. The second-order valence-corrected chi connectivity index (χ2v) is 3.94. The molecule has 0 aliphatic rings. The van der Waals surface area contributed by atoms with Gasteiger partial charge in [0, 0.05) is 11.9 Å². The summed E-state index contributed by atoms with van der Waals surface area (Å²) in [6.45, 7) is 4.11. The lowest BCUT2D eigenvalue weighted by molar-refractivity contribution is -0.133. The highest BCUT2D eigenvalue weighted by atomic mass is 32.2. The minimum Gasteiger partial charge on any atom is -0.481 e. The quantitative estimate of drug-likeness (QED) is 0.726. The zero-order valence-electron chi connectivity index (χ0n) is 7.57. The van der Waals surface area contributed by atoms with Gasteiger partial charge in [0.25, 0.3) is 0 Å². The third-order valence-corrected chi connectivity index (χ3v) is 2.40. The molecule has 0 unspecified atom stereocenters. The molecule has 0 saturated heterocycles. The molecule has 0 radical (unpaired) electrons. The molecule has 1 aromatic rings. The monoisotopic (exact) mass is 200 g/mol. The Balaban J connectivity index is 2.54. The zero-order chi connectivity index (χ0) is 9.84. The molecule has 13 heavy (non-hydrogen) atoms. The summed E-state index contributed by atoms with van der Waals surface area (Å²) in [4.78, 5) is 17.4. The summed E-state index contributed by atoms with van der Waals surface area (Å²) in [5, 5.41) is 9.10. The predicted octanol–water partition coefficient (Wildman–Crippen LogP) is 1.71. The van der Waals surface area contributed by atoms with Gasteiger partial charge in [-0.1, -0.05) is 25.6 Å². The number of nitrogens with zero attached hydrogens (tertiary/aromatic N) is 1. The van der Waals surface area contributed by atoms with E-state index in [1.54, 1.807) is 6.20 Å². The molecular weight excluding hydrogens is 188 g/mol. The van der Waals surface area contributed by atoms with Crippen molar-refractivity contribution in [1.82, 2.24) is 9.97 Å². The van der Waals surface area contributed by atoms with Crippen molar-refractivity contribution in [2.24, 2.45) is 0 Å². The van der Waals surface area contributed by atoms with Gasteiger partial charge < -0.3 is 10.1 Å². The molecule has 1 rings (SSSR count). The van der Waals surface area contributed by atoms with Crippen LogP contribution >= 0.6 is 11.8 Å². The van der Waals surface area contributed by atoms with Crippen LogP contribution in [-0.2, 0) is 4.79 Å². The van der Waals surface area contributed by atoms with Crippen molar-refractivity contribution in [1.29, 1.82) is 0 Å². The minimum atomic E-state index is -0.826. The number of aromatic nitrogens is 2. The Bertz CT molecular complexity index is 296. The number of thioether (sulfide) groups is 1. The third-order valence-electron chi connectivity index (χ3n) is 1.53. The average molecular weight is 200 g/mol. The van der Waals surface area contributed by atoms with Gasteiger partial charge in [0.15, 0.2) is 5.16 Å². The lowest BCUT2D eigenvalue weighted by Gasteiger charge is -1.97. The fourth-order valence-corrected chi connectivity index (χ4v) is 1.39. The molecule has 0 fully saturated rings. The summed E-state index contributed by atoms with van der Waals surface area (Å²) < 4.78 is 0. The Morgan fingerprint density at radius 2 is 2.46 bits per heavy atom. The number of imidazole rings is 1. The number of H-pyrrole nitrogens is 1. The molecule has 1 aromatic heterocycles. The number of carboxylic acid groups (broad SMARTS) is 1. The van der Waals surface area contributed by atoms with Crippen LogP contribution in [0.3, 0.4) is 0 Å². The van der Waals surface area contributed by atoms with E-state index in [9.17, 15) is 4.79 Å². The molecule has 0 aliphatic carbocycles. The number of nitrogens with one attached hydrogen (secondary N) is 1. The Morgan fingerprint density at radius 3 is 2.92 bits per heavy atom. The van der Waals surface area contributed by atoms with E-state index >= 15 is 0 Å². The van der Waals surface area contributed by atoms with Gasteiger partial charge in [0.05, 0.1) is 5.75 Å². The molecule has 4 nitrogen and oxygen atoms in total. The first-order chi connectivity index (χ1) is 6.09. The maximum atomic E-state index is 10.3. The number of rotatable bonds is 4. The molecule has 1 heterocycles. The SMILES string of the molecule is CC(C)c1cnc(SCC(=O)O)[nH]1. The fraction of sp³-hybridized carbons (Fsp3) is 0.500. The number of carbonyl (C=O) groups is 1. The second kappa shape index (κ2) is 4.32. The maximum Gasteiger partial charge on any atom is 0.313 e. The molecule has 0 bridgehead atoms. The van der Waals surface area contributed by atoms with E-state index in [2.05, 4.69) is 23.8 Å². The van der Waals surface area contributed by atoms with Gasteiger partial charge >= 0.3 is 5.97 Å². The molecule has 2 N–H and O–H groups in total. The van der Waals surface area contributed by atoms with Crippen LogP contribution in [0.4, 0.5) is 0 Å². The van der Waals surface area contributed by atoms with Gasteiger partial charge in [0.2, 0.25) is 0 Å². The number of aliphatic carboxylic acids is 1. The zero-order valence-corrected chi connectivity index (χ0v) is 8.39. The lowest BCUT2D eigenvalue weighted by Crippen LogP contribution is -1.97. The Morgan fingerprint density at radius 1 is 1.77 bits per heavy atom. The minimum absolute atomic E-state index is 0.0467. The van der Waals surface area contributed by atoms with Gasteiger partial charge in [-0.3, -0.25) is 4.79 Å². The van der Waals surface area contributed by atoms with Crippen LogP contribution < -0.4 is 0 Å². The van der Waals surface area contributed by atoms with E-state index in [1.165, 1.54) is 11.8 Å². The van der Waals surface area contributed by atoms with Crippen molar-refractivity contribution in [2.75, 3.05) is 5.75 Å². The van der Waals surface area contributed by atoms with Crippen LogP contribution in [0.2, 0.25) is 0 Å². The van der Waals surface area contributed by atoms with Crippen molar-refractivity contribution in [3.05, 3.63) is 11.9 Å². The lowest BCUT2D eigenvalue weighted by atomic mass is 10.2. The first-order valence-corrected chi connectivity index (χ1v) is 4.97. The molecule has 0 amide bonds. The van der Waals surface area contributed by atoms with E-state index in [0.717, 1.165) is 5.69 Å². The van der Waals surface area contributed by atoms with E-state index in [1.807, 2.05) is 0 Å². The van der Waals surface area contributed by atoms with Crippen molar-refractivity contribution in [3.63, 3.8) is 0 Å².